The van der Waals surface area contributed by atoms with Crippen LogP contribution < -0.4 is 5.73 Å². The van der Waals surface area contributed by atoms with Crippen molar-refractivity contribution in [3.8, 4) is 0 Å². The number of ether oxygens (including phenoxy) is 2. The SMILES string of the molecule is CC(C)OCCOCC(=O)N(C)CCCN. The molecule has 96 valence electrons. The van der Waals surface area contributed by atoms with Crippen LogP contribution in [0.5, 0.6) is 0 Å². The minimum atomic E-state index is -0.0157. The zero-order chi connectivity index (χ0) is 12.4. The summed E-state index contributed by atoms with van der Waals surface area (Å²) in [6.45, 7) is 6.30. The summed E-state index contributed by atoms with van der Waals surface area (Å²) in [7, 11) is 1.76. The van der Waals surface area contributed by atoms with Crippen LogP contribution in [0.2, 0.25) is 0 Å². The summed E-state index contributed by atoms with van der Waals surface area (Å²) in [5.41, 5.74) is 5.36. The molecule has 0 unspecified atom stereocenters. The maximum absolute atomic E-state index is 11.5. The number of likely N-dealkylation sites (N-methyl/N-ethyl adjacent to an activating group) is 1. The van der Waals surface area contributed by atoms with Gasteiger partial charge in [0.1, 0.15) is 6.61 Å². The summed E-state index contributed by atoms with van der Waals surface area (Å²) in [6.07, 6.45) is 1.02. The number of hydrogen-bond acceptors (Lipinski definition) is 4. The van der Waals surface area contributed by atoms with Crippen molar-refractivity contribution in [1.82, 2.24) is 4.90 Å². The molecule has 5 nitrogen and oxygen atoms in total. The second-order valence-electron chi connectivity index (χ2n) is 3.93. The molecule has 0 aromatic heterocycles. The number of nitrogens with zero attached hydrogens (tertiary/aromatic N) is 1. The minimum absolute atomic E-state index is 0.0157. The van der Waals surface area contributed by atoms with Gasteiger partial charge in [-0.3, -0.25) is 4.79 Å². The van der Waals surface area contributed by atoms with Gasteiger partial charge in [0.25, 0.3) is 0 Å². The molecular weight excluding hydrogens is 208 g/mol. The quantitative estimate of drug-likeness (QED) is 0.578. The van der Waals surface area contributed by atoms with Crippen molar-refractivity contribution in [3.63, 3.8) is 0 Å². The van der Waals surface area contributed by atoms with E-state index in [9.17, 15) is 4.79 Å². The van der Waals surface area contributed by atoms with Crippen LogP contribution in [0.1, 0.15) is 20.3 Å². The fourth-order valence-electron chi connectivity index (χ4n) is 1.07. The molecule has 0 saturated carbocycles. The number of hydrogen-bond donors (Lipinski definition) is 1. The van der Waals surface area contributed by atoms with E-state index in [0.29, 0.717) is 26.3 Å². The lowest BCUT2D eigenvalue weighted by atomic mass is 10.4. The summed E-state index contributed by atoms with van der Waals surface area (Å²) < 4.78 is 10.5. The van der Waals surface area contributed by atoms with Crippen molar-refractivity contribution in [1.29, 1.82) is 0 Å². The summed E-state index contributed by atoms with van der Waals surface area (Å²) in [6, 6.07) is 0. The predicted molar refractivity (Wildman–Crippen MR) is 63.2 cm³/mol. The maximum atomic E-state index is 11.5. The van der Waals surface area contributed by atoms with Crippen molar-refractivity contribution in [2.45, 2.75) is 26.4 Å². The van der Waals surface area contributed by atoms with E-state index in [-0.39, 0.29) is 18.6 Å². The van der Waals surface area contributed by atoms with Gasteiger partial charge in [-0.1, -0.05) is 0 Å². The minimum Gasteiger partial charge on any atom is -0.376 e. The summed E-state index contributed by atoms with van der Waals surface area (Å²) >= 11 is 0. The second-order valence-corrected chi connectivity index (χ2v) is 3.93. The van der Waals surface area contributed by atoms with Gasteiger partial charge in [-0.2, -0.15) is 0 Å². The Labute approximate surface area is 97.9 Å². The first kappa shape index (κ1) is 15.3. The van der Waals surface area contributed by atoms with Crippen molar-refractivity contribution >= 4 is 5.91 Å². The van der Waals surface area contributed by atoms with Gasteiger partial charge in [0.2, 0.25) is 5.91 Å². The maximum Gasteiger partial charge on any atom is 0.248 e. The van der Waals surface area contributed by atoms with Gasteiger partial charge in [-0.15, -0.1) is 0 Å². The highest BCUT2D eigenvalue weighted by Crippen LogP contribution is 1.91. The van der Waals surface area contributed by atoms with Crippen LogP contribution in [0.3, 0.4) is 0 Å². The first-order valence-corrected chi connectivity index (χ1v) is 5.71. The Balaban J connectivity index is 3.42. The Morgan fingerprint density at radius 3 is 2.62 bits per heavy atom. The molecular formula is C11H24N2O3. The molecule has 0 bridgehead atoms. The topological polar surface area (TPSA) is 64.8 Å². The van der Waals surface area contributed by atoms with E-state index in [1.807, 2.05) is 13.8 Å². The van der Waals surface area contributed by atoms with Gasteiger partial charge in [-0.25, -0.2) is 0 Å². The van der Waals surface area contributed by atoms with Crippen molar-refractivity contribution in [2.75, 3.05) is 40.0 Å². The van der Waals surface area contributed by atoms with Gasteiger partial charge in [-0.05, 0) is 26.8 Å². The molecule has 2 N–H and O–H groups in total. The van der Waals surface area contributed by atoms with Gasteiger partial charge in [0.05, 0.1) is 19.3 Å². The molecule has 0 aromatic rings. The van der Waals surface area contributed by atoms with Crippen LogP contribution in [0, 0.1) is 0 Å². The lowest BCUT2D eigenvalue weighted by Gasteiger charge is -2.16. The van der Waals surface area contributed by atoms with Gasteiger partial charge in [0.15, 0.2) is 0 Å². The van der Waals surface area contributed by atoms with Crippen LogP contribution in [0.4, 0.5) is 0 Å². The molecule has 0 saturated heterocycles. The number of amides is 1. The fourth-order valence-corrected chi connectivity index (χ4v) is 1.07. The molecule has 0 fully saturated rings. The highest BCUT2D eigenvalue weighted by molar-refractivity contribution is 5.77. The van der Waals surface area contributed by atoms with Crippen LogP contribution in [-0.2, 0) is 14.3 Å². The average molecular weight is 232 g/mol. The lowest BCUT2D eigenvalue weighted by Crippen LogP contribution is -2.32. The molecule has 0 aliphatic rings. The Kier molecular flexibility index (Phi) is 9.18. The van der Waals surface area contributed by atoms with Crippen molar-refractivity contribution in [2.24, 2.45) is 5.73 Å². The zero-order valence-electron chi connectivity index (χ0n) is 10.6. The molecule has 0 radical (unpaired) electrons. The lowest BCUT2D eigenvalue weighted by molar-refractivity contribution is -0.135. The summed E-state index contributed by atoms with van der Waals surface area (Å²) in [4.78, 5) is 13.1. The van der Waals surface area contributed by atoms with E-state index in [4.69, 9.17) is 15.2 Å². The van der Waals surface area contributed by atoms with Gasteiger partial charge >= 0.3 is 0 Å². The third-order valence-electron chi connectivity index (χ3n) is 2.03. The monoisotopic (exact) mass is 232 g/mol. The molecule has 1 amide bonds. The standard InChI is InChI=1S/C11H24N2O3/c1-10(2)16-8-7-15-9-11(14)13(3)6-4-5-12/h10H,4-9,12H2,1-3H3. The second kappa shape index (κ2) is 9.57. The Hall–Kier alpha value is -0.650. The first-order valence-electron chi connectivity index (χ1n) is 5.71. The molecule has 0 heterocycles. The summed E-state index contributed by atoms with van der Waals surface area (Å²) in [5, 5.41) is 0. The number of nitrogens with two attached hydrogens (primary N) is 1. The predicted octanol–water partition coefficient (Wildman–Crippen LogP) is 0.235. The van der Waals surface area contributed by atoms with E-state index in [1.54, 1.807) is 11.9 Å². The molecule has 0 spiro atoms. The Morgan fingerprint density at radius 2 is 2.06 bits per heavy atom. The number of carbonyl (C=O) groups is 1. The number of rotatable bonds is 9. The molecule has 0 aliphatic heterocycles. The van der Waals surface area contributed by atoms with E-state index < -0.39 is 0 Å². The van der Waals surface area contributed by atoms with E-state index in [1.165, 1.54) is 0 Å². The highest BCUT2D eigenvalue weighted by Gasteiger charge is 2.07. The highest BCUT2D eigenvalue weighted by atomic mass is 16.5. The first-order chi connectivity index (χ1) is 7.57. The smallest absolute Gasteiger partial charge is 0.248 e. The molecule has 0 aromatic carbocycles. The number of carbonyl (C=O) groups excluding carboxylic acids is 1. The zero-order valence-corrected chi connectivity index (χ0v) is 10.6. The van der Waals surface area contributed by atoms with Crippen LogP contribution in [0.15, 0.2) is 0 Å². The largest absolute Gasteiger partial charge is 0.376 e. The Morgan fingerprint density at radius 1 is 1.38 bits per heavy atom. The van der Waals surface area contributed by atoms with E-state index in [2.05, 4.69) is 0 Å². The molecule has 16 heavy (non-hydrogen) atoms. The van der Waals surface area contributed by atoms with Gasteiger partial charge in [0, 0.05) is 13.6 Å². The normalized spacial score (nSPS) is 10.8. The van der Waals surface area contributed by atoms with E-state index in [0.717, 1.165) is 6.42 Å². The third kappa shape index (κ3) is 8.64. The van der Waals surface area contributed by atoms with Crippen LogP contribution in [0.25, 0.3) is 0 Å². The fraction of sp³-hybridized carbons (Fsp3) is 0.909. The Bertz CT molecular complexity index is 186. The average Bonchev–Trinajstić information content (AvgIpc) is 2.24. The third-order valence-corrected chi connectivity index (χ3v) is 2.03. The molecule has 5 heteroatoms. The molecule has 0 atom stereocenters. The molecule has 0 aliphatic carbocycles. The van der Waals surface area contributed by atoms with Gasteiger partial charge < -0.3 is 20.1 Å². The molecule has 0 rings (SSSR count). The van der Waals surface area contributed by atoms with Crippen molar-refractivity contribution in [3.05, 3.63) is 0 Å². The van der Waals surface area contributed by atoms with E-state index >= 15 is 0 Å². The van der Waals surface area contributed by atoms with Crippen LogP contribution >= 0.6 is 0 Å². The van der Waals surface area contributed by atoms with Crippen molar-refractivity contribution < 1.29 is 14.3 Å². The van der Waals surface area contributed by atoms with Crippen LogP contribution in [-0.4, -0.2) is 56.9 Å². The summed E-state index contributed by atoms with van der Waals surface area (Å²) in [5.74, 6) is -0.0157.